The SMILES string of the molecule is c1ccc(CN2COc3ccc4ccc5c(c4c3C2)CN(Cc2ccccc2)CO5)cc1. The summed E-state index contributed by atoms with van der Waals surface area (Å²) in [4.78, 5) is 4.73. The zero-order valence-electron chi connectivity index (χ0n) is 18.0. The first kappa shape index (κ1) is 19.4. The van der Waals surface area contributed by atoms with Crippen molar-refractivity contribution in [3.05, 3.63) is 107 Å². The van der Waals surface area contributed by atoms with Gasteiger partial charge in [-0.15, -0.1) is 0 Å². The van der Waals surface area contributed by atoms with Crippen molar-refractivity contribution >= 4 is 10.8 Å². The number of nitrogens with zero attached hydrogens (tertiary/aromatic N) is 2. The van der Waals surface area contributed by atoms with Crippen LogP contribution < -0.4 is 9.47 Å². The first-order valence-corrected chi connectivity index (χ1v) is 11.2. The molecule has 2 aliphatic rings. The van der Waals surface area contributed by atoms with E-state index in [1.165, 1.54) is 33.0 Å². The van der Waals surface area contributed by atoms with Crippen molar-refractivity contribution in [1.82, 2.24) is 9.80 Å². The van der Waals surface area contributed by atoms with Crippen LogP contribution in [0.4, 0.5) is 0 Å². The molecule has 4 aromatic carbocycles. The number of hydrogen-bond acceptors (Lipinski definition) is 4. The van der Waals surface area contributed by atoms with Crippen molar-refractivity contribution < 1.29 is 9.47 Å². The van der Waals surface area contributed by atoms with Gasteiger partial charge in [-0.1, -0.05) is 72.8 Å². The fraction of sp³-hybridized carbons (Fsp3) is 0.214. The van der Waals surface area contributed by atoms with E-state index < -0.39 is 0 Å². The normalized spacial score (nSPS) is 16.1. The van der Waals surface area contributed by atoms with Gasteiger partial charge in [-0.05, 0) is 34.0 Å². The fourth-order valence-corrected chi connectivity index (χ4v) is 4.86. The Labute approximate surface area is 188 Å². The van der Waals surface area contributed by atoms with E-state index in [1.807, 2.05) is 0 Å². The predicted molar refractivity (Wildman–Crippen MR) is 126 cm³/mol. The standard InChI is InChI=1S/C28H26N2O2/c1-3-7-21(8-4-1)15-29-17-24-26(31-19-29)13-11-23-12-14-27-25(28(23)24)18-30(20-32-27)16-22-9-5-2-6-10-22/h1-14H,15-20H2. The topological polar surface area (TPSA) is 24.9 Å². The molecule has 2 heterocycles. The van der Waals surface area contributed by atoms with Crippen LogP contribution in [0.15, 0.2) is 84.9 Å². The average Bonchev–Trinajstić information content (AvgIpc) is 2.85. The van der Waals surface area contributed by atoms with E-state index in [0.717, 1.165) is 37.7 Å². The van der Waals surface area contributed by atoms with Crippen molar-refractivity contribution in [1.29, 1.82) is 0 Å². The Balaban J connectivity index is 1.34. The maximum Gasteiger partial charge on any atom is 0.142 e. The third-order valence-electron chi connectivity index (χ3n) is 6.38. The van der Waals surface area contributed by atoms with Crippen molar-refractivity contribution in [2.24, 2.45) is 0 Å². The zero-order valence-corrected chi connectivity index (χ0v) is 18.0. The Kier molecular flexibility index (Phi) is 5.02. The van der Waals surface area contributed by atoms with E-state index in [1.54, 1.807) is 0 Å². The minimum absolute atomic E-state index is 0.610. The second kappa shape index (κ2) is 8.30. The lowest BCUT2D eigenvalue weighted by Gasteiger charge is -2.33. The molecule has 0 fully saturated rings. The molecule has 0 N–H and O–H groups in total. The van der Waals surface area contributed by atoms with Crippen LogP contribution in [-0.2, 0) is 26.2 Å². The maximum absolute atomic E-state index is 6.20. The number of hydrogen-bond donors (Lipinski definition) is 0. The number of fused-ring (bicyclic) bond motifs is 5. The van der Waals surface area contributed by atoms with Gasteiger partial charge in [-0.25, -0.2) is 0 Å². The molecule has 4 heteroatoms. The molecule has 0 spiro atoms. The molecule has 0 unspecified atom stereocenters. The van der Waals surface area contributed by atoms with Crippen LogP contribution in [0, 0.1) is 0 Å². The van der Waals surface area contributed by atoms with Crippen LogP contribution in [-0.4, -0.2) is 23.3 Å². The number of benzene rings is 4. The van der Waals surface area contributed by atoms with Crippen LogP contribution in [0.1, 0.15) is 22.3 Å². The van der Waals surface area contributed by atoms with Gasteiger partial charge in [0, 0.05) is 37.3 Å². The lowest BCUT2D eigenvalue weighted by Crippen LogP contribution is -2.33. The van der Waals surface area contributed by atoms with E-state index in [-0.39, 0.29) is 0 Å². The van der Waals surface area contributed by atoms with Crippen LogP contribution in [0.25, 0.3) is 10.8 Å². The summed E-state index contributed by atoms with van der Waals surface area (Å²) in [5.41, 5.74) is 5.15. The largest absolute Gasteiger partial charge is 0.478 e. The molecule has 32 heavy (non-hydrogen) atoms. The van der Waals surface area contributed by atoms with Gasteiger partial charge in [0.05, 0.1) is 0 Å². The Morgan fingerprint density at radius 2 is 1.03 bits per heavy atom. The summed E-state index contributed by atoms with van der Waals surface area (Å²) in [5, 5.41) is 2.54. The third-order valence-corrected chi connectivity index (χ3v) is 6.38. The highest BCUT2D eigenvalue weighted by atomic mass is 16.5. The monoisotopic (exact) mass is 422 g/mol. The van der Waals surface area contributed by atoms with Crippen LogP contribution in [0.2, 0.25) is 0 Å². The average molecular weight is 423 g/mol. The summed E-state index contributed by atoms with van der Waals surface area (Å²) in [5.74, 6) is 1.99. The summed E-state index contributed by atoms with van der Waals surface area (Å²) in [7, 11) is 0. The summed E-state index contributed by atoms with van der Waals surface area (Å²) in [6.45, 7) is 4.72. The Bertz CT molecular complexity index is 1150. The van der Waals surface area contributed by atoms with Gasteiger partial charge in [-0.3, -0.25) is 9.80 Å². The molecule has 0 atom stereocenters. The van der Waals surface area contributed by atoms with Crippen LogP contribution in [0.5, 0.6) is 11.5 Å². The lowest BCUT2D eigenvalue weighted by molar-refractivity contribution is 0.0866. The molecule has 0 amide bonds. The molecule has 2 aliphatic heterocycles. The quantitative estimate of drug-likeness (QED) is 0.431. The van der Waals surface area contributed by atoms with E-state index in [4.69, 9.17) is 9.47 Å². The van der Waals surface area contributed by atoms with Crippen LogP contribution in [0.3, 0.4) is 0 Å². The van der Waals surface area contributed by atoms with E-state index >= 15 is 0 Å². The molecule has 0 saturated carbocycles. The lowest BCUT2D eigenvalue weighted by atomic mass is 9.95. The van der Waals surface area contributed by atoms with Crippen LogP contribution >= 0.6 is 0 Å². The van der Waals surface area contributed by atoms with E-state index in [9.17, 15) is 0 Å². The van der Waals surface area contributed by atoms with Gasteiger partial charge in [-0.2, -0.15) is 0 Å². The minimum atomic E-state index is 0.610. The first-order chi connectivity index (χ1) is 15.8. The molecule has 4 aromatic rings. The Morgan fingerprint density at radius 3 is 1.50 bits per heavy atom. The molecule has 0 aliphatic carbocycles. The van der Waals surface area contributed by atoms with E-state index in [0.29, 0.717) is 13.5 Å². The molecule has 0 aromatic heterocycles. The zero-order chi connectivity index (χ0) is 21.3. The highest BCUT2D eigenvalue weighted by molar-refractivity contribution is 5.92. The molecular formula is C28H26N2O2. The minimum Gasteiger partial charge on any atom is -0.478 e. The predicted octanol–water partition coefficient (Wildman–Crippen LogP) is 5.54. The van der Waals surface area contributed by atoms with Gasteiger partial charge in [0.1, 0.15) is 25.0 Å². The van der Waals surface area contributed by atoms with Crippen molar-refractivity contribution in [2.45, 2.75) is 26.2 Å². The van der Waals surface area contributed by atoms with Crippen molar-refractivity contribution in [3.63, 3.8) is 0 Å². The number of ether oxygens (including phenoxy) is 2. The molecule has 4 nitrogen and oxygen atoms in total. The summed E-state index contributed by atoms with van der Waals surface area (Å²) >= 11 is 0. The van der Waals surface area contributed by atoms with Gasteiger partial charge in [0.15, 0.2) is 0 Å². The molecule has 0 saturated heterocycles. The number of rotatable bonds is 4. The smallest absolute Gasteiger partial charge is 0.142 e. The van der Waals surface area contributed by atoms with E-state index in [2.05, 4.69) is 94.7 Å². The highest BCUT2D eigenvalue weighted by Gasteiger charge is 2.26. The Morgan fingerprint density at radius 1 is 0.562 bits per heavy atom. The molecule has 0 radical (unpaired) electrons. The summed E-state index contributed by atoms with van der Waals surface area (Å²) < 4.78 is 12.4. The summed E-state index contributed by atoms with van der Waals surface area (Å²) in [6, 6.07) is 29.8. The van der Waals surface area contributed by atoms with Gasteiger partial charge in [0.25, 0.3) is 0 Å². The third kappa shape index (κ3) is 3.72. The second-order valence-corrected chi connectivity index (χ2v) is 8.67. The fourth-order valence-electron chi connectivity index (χ4n) is 4.86. The summed E-state index contributed by atoms with van der Waals surface area (Å²) in [6.07, 6.45) is 0. The molecular weight excluding hydrogens is 396 g/mol. The highest BCUT2D eigenvalue weighted by Crippen LogP contribution is 2.40. The molecule has 160 valence electrons. The van der Waals surface area contributed by atoms with Gasteiger partial charge >= 0.3 is 0 Å². The first-order valence-electron chi connectivity index (χ1n) is 11.2. The van der Waals surface area contributed by atoms with Crippen molar-refractivity contribution in [2.75, 3.05) is 13.5 Å². The maximum atomic E-state index is 6.20. The molecule has 6 rings (SSSR count). The van der Waals surface area contributed by atoms with Gasteiger partial charge in [0.2, 0.25) is 0 Å². The van der Waals surface area contributed by atoms with Crippen molar-refractivity contribution in [3.8, 4) is 11.5 Å². The second-order valence-electron chi connectivity index (χ2n) is 8.67. The molecule has 0 bridgehead atoms. The van der Waals surface area contributed by atoms with Gasteiger partial charge < -0.3 is 9.47 Å². The Hall–Kier alpha value is -3.34.